The molecular formula is C18H13F7N2O3. The van der Waals surface area contributed by atoms with E-state index in [1.807, 2.05) is 0 Å². The van der Waals surface area contributed by atoms with Crippen LogP contribution >= 0.6 is 0 Å². The van der Waals surface area contributed by atoms with E-state index >= 15 is 0 Å². The quantitative estimate of drug-likeness (QED) is 0.393. The molecule has 2 rings (SSSR count). The van der Waals surface area contributed by atoms with Gasteiger partial charge in [0.15, 0.2) is 6.29 Å². The summed E-state index contributed by atoms with van der Waals surface area (Å²) >= 11 is 0. The summed E-state index contributed by atoms with van der Waals surface area (Å²) in [6.07, 6.45) is -11.7. The molecule has 30 heavy (non-hydrogen) atoms. The Morgan fingerprint density at radius 1 is 1.10 bits per heavy atom. The van der Waals surface area contributed by atoms with Gasteiger partial charge in [-0.15, -0.1) is 0 Å². The van der Waals surface area contributed by atoms with Gasteiger partial charge in [-0.25, -0.2) is 4.39 Å². The van der Waals surface area contributed by atoms with E-state index in [4.69, 9.17) is 10.5 Å². The predicted molar refractivity (Wildman–Crippen MR) is 89.9 cm³/mol. The number of halogens is 7. The number of aldehydes is 1. The molecule has 0 spiro atoms. The average molecular weight is 438 g/mol. The smallest absolute Gasteiger partial charge is 0.419 e. The van der Waals surface area contributed by atoms with Crippen LogP contribution in [0.4, 0.5) is 30.7 Å². The highest BCUT2D eigenvalue weighted by Crippen LogP contribution is 2.39. The first kappa shape index (κ1) is 23.1. The first-order chi connectivity index (χ1) is 13.8. The van der Waals surface area contributed by atoms with Crippen LogP contribution in [0.15, 0.2) is 36.4 Å². The molecule has 12 heteroatoms. The van der Waals surface area contributed by atoms with Crippen molar-refractivity contribution in [2.75, 3.05) is 6.54 Å². The third-order valence-electron chi connectivity index (χ3n) is 3.72. The van der Waals surface area contributed by atoms with Gasteiger partial charge in [0.2, 0.25) is 12.1 Å². The number of hydrogen-bond donors (Lipinski definition) is 2. The van der Waals surface area contributed by atoms with E-state index in [0.29, 0.717) is 0 Å². The molecule has 2 aromatic carbocycles. The van der Waals surface area contributed by atoms with Crippen molar-refractivity contribution in [3.63, 3.8) is 0 Å². The Labute approximate surface area is 164 Å². The summed E-state index contributed by atoms with van der Waals surface area (Å²) in [7, 11) is 0. The second-order valence-corrected chi connectivity index (χ2v) is 5.91. The Hall–Kier alpha value is -3.15. The van der Waals surface area contributed by atoms with Crippen LogP contribution in [0.3, 0.4) is 0 Å². The minimum atomic E-state index is -5.17. The topological polar surface area (TPSA) is 81.4 Å². The van der Waals surface area contributed by atoms with E-state index in [1.165, 1.54) is 12.1 Å². The minimum Gasteiger partial charge on any atom is -0.468 e. The summed E-state index contributed by atoms with van der Waals surface area (Å²) in [6.45, 7) is -1.59. The SMILES string of the molecule is NC(=O)c1cc(-c2ccccc2OC(C=O)NCC(F)(F)F)c(F)c(C(F)(F)F)c1. The van der Waals surface area contributed by atoms with E-state index < -0.39 is 59.3 Å². The molecular weight excluding hydrogens is 425 g/mol. The highest BCUT2D eigenvalue weighted by molar-refractivity contribution is 5.95. The van der Waals surface area contributed by atoms with Gasteiger partial charge in [-0.2, -0.15) is 26.3 Å². The van der Waals surface area contributed by atoms with Gasteiger partial charge in [-0.1, -0.05) is 18.2 Å². The fraction of sp³-hybridized carbons (Fsp3) is 0.222. The van der Waals surface area contributed by atoms with Crippen LogP contribution in [-0.2, 0) is 11.0 Å². The standard InChI is InChI=1S/C18H13F7N2O3/c19-15-11(5-9(16(26)29)6-12(15)18(23,24)25)10-3-1-2-4-13(10)30-14(7-28)27-8-17(20,21)22/h1-7,14,27H,8H2,(H2,26,29). The normalized spacial score (nSPS) is 13.0. The lowest BCUT2D eigenvalue weighted by molar-refractivity contribution is -0.140. The summed E-state index contributed by atoms with van der Waals surface area (Å²) in [5, 5.41) is 1.75. The molecule has 0 fully saturated rings. The van der Waals surface area contributed by atoms with E-state index in [9.17, 15) is 40.3 Å². The van der Waals surface area contributed by atoms with Gasteiger partial charge in [0.1, 0.15) is 11.6 Å². The molecule has 162 valence electrons. The Balaban J connectivity index is 2.54. The minimum absolute atomic E-state index is 0.0140. The second kappa shape index (κ2) is 8.69. The molecule has 0 saturated carbocycles. The summed E-state index contributed by atoms with van der Waals surface area (Å²) in [6, 6.07) is 5.77. The largest absolute Gasteiger partial charge is 0.468 e. The zero-order chi connectivity index (χ0) is 22.7. The van der Waals surface area contributed by atoms with Crippen molar-refractivity contribution in [2.45, 2.75) is 18.6 Å². The van der Waals surface area contributed by atoms with Gasteiger partial charge < -0.3 is 10.5 Å². The highest BCUT2D eigenvalue weighted by Gasteiger charge is 2.36. The molecule has 0 radical (unpaired) electrons. The number of hydrogen-bond acceptors (Lipinski definition) is 4. The number of alkyl halides is 6. The number of para-hydroxylation sites is 1. The van der Waals surface area contributed by atoms with Gasteiger partial charge in [0.25, 0.3) is 0 Å². The molecule has 2 aromatic rings. The zero-order valence-corrected chi connectivity index (χ0v) is 14.8. The van der Waals surface area contributed by atoms with Crippen molar-refractivity contribution >= 4 is 12.2 Å². The maximum absolute atomic E-state index is 14.6. The number of ether oxygens (including phenoxy) is 1. The monoisotopic (exact) mass is 438 g/mol. The molecule has 5 nitrogen and oxygen atoms in total. The third-order valence-corrected chi connectivity index (χ3v) is 3.72. The highest BCUT2D eigenvalue weighted by atomic mass is 19.4. The lowest BCUT2D eigenvalue weighted by Gasteiger charge is -2.20. The van der Waals surface area contributed by atoms with E-state index in [2.05, 4.69) is 0 Å². The lowest BCUT2D eigenvalue weighted by Crippen LogP contribution is -2.41. The third kappa shape index (κ3) is 5.69. The van der Waals surface area contributed by atoms with Crippen LogP contribution in [0.1, 0.15) is 15.9 Å². The van der Waals surface area contributed by atoms with Crippen molar-refractivity contribution in [3.05, 3.63) is 53.3 Å². The number of benzene rings is 2. The number of carbonyl (C=O) groups excluding carboxylic acids is 2. The van der Waals surface area contributed by atoms with Crippen molar-refractivity contribution in [3.8, 4) is 16.9 Å². The fourth-order valence-corrected chi connectivity index (χ4v) is 2.43. The molecule has 0 aromatic heterocycles. The van der Waals surface area contributed by atoms with Crippen molar-refractivity contribution in [1.29, 1.82) is 0 Å². The van der Waals surface area contributed by atoms with Crippen LogP contribution in [0.5, 0.6) is 5.75 Å². The van der Waals surface area contributed by atoms with Crippen LogP contribution in [-0.4, -0.2) is 31.1 Å². The van der Waals surface area contributed by atoms with Gasteiger partial charge in [-0.3, -0.25) is 14.9 Å². The van der Waals surface area contributed by atoms with Crippen molar-refractivity contribution < 1.29 is 45.1 Å². The van der Waals surface area contributed by atoms with Crippen molar-refractivity contribution in [2.24, 2.45) is 5.73 Å². The van der Waals surface area contributed by atoms with Crippen LogP contribution < -0.4 is 15.8 Å². The number of rotatable bonds is 7. The fourth-order valence-electron chi connectivity index (χ4n) is 2.43. The molecule has 0 aliphatic carbocycles. The summed E-state index contributed by atoms with van der Waals surface area (Å²) in [4.78, 5) is 22.4. The van der Waals surface area contributed by atoms with Crippen LogP contribution in [0.25, 0.3) is 11.1 Å². The summed E-state index contributed by atoms with van der Waals surface area (Å²) < 4.78 is 96.3. The molecule has 0 heterocycles. The van der Waals surface area contributed by atoms with Gasteiger partial charge in [0.05, 0.1) is 12.1 Å². The summed E-state index contributed by atoms with van der Waals surface area (Å²) in [5.41, 5.74) is 1.51. The number of nitrogens with two attached hydrogens (primary N) is 1. The Kier molecular flexibility index (Phi) is 6.70. The Morgan fingerprint density at radius 2 is 1.73 bits per heavy atom. The molecule has 1 unspecified atom stereocenters. The Bertz CT molecular complexity index is 942. The number of nitrogens with one attached hydrogen (secondary N) is 1. The first-order valence-electron chi connectivity index (χ1n) is 8.05. The summed E-state index contributed by atoms with van der Waals surface area (Å²) in [5.74, 6) is -3.43. The van der Waals surface area contributed by atoms with Gasteiger partial charge in [0, 0.05) is 16.7 Å². The number of carbonyl (C=O) groups is 2. The molecule has 3 N–H and O–H groups in total. The molecule has 0 bridgehead atoms. The molecule has 0 saturated heterocycles. The molecule has 0 aliphatic rings. The van der Waals surface area contributed by atoms with Crippen LogP contribution in [0, 0.1) is 5.82 Å². The lowest BCUT2D eigenvalue weighted by atomic mass is 9.97. The average Bonchev–Trinajstić information content (AvgIpc) is 2.64. The predicted octanol–water partition coefficient (Wildman–Crippen LogP) is 3.67. The van der Waals surface area contributed by atoms with Gasteiger partial charge >= 0.3 is 12.4 Å². The first-order valence-corrected chi connectivity index (χ1v) is 8.05. The van der Waals surface area contributed by atoms with E-state index in [0.717, 1.165) is 18.2 Å². The number of primary amides is 1. The zero-order valence-electron chi connectivity index (χ0n) is 14.8. The maximum Gasteiger partial charge on any atom is 0.419 e. The second-order valence-electron chi connectivity index (χ2n) is 5.91. The maximum atomic E-state index is 14.6. The van der Waals surface area contributed by atoms with Gasteiger partial charge in [-0.05, 0) is 18.2 Å². The molecule has 1 atom stereocenters. The van der Waals surface area contributed by atoms with E-state index in [-0.39, 0.29) is 17.9 Å². The van der Waals surface area contributed by atoms with Crippen LogP contribution in [0.2, 0.25) is 0 Å². The van der Waals surface area contributed by atoms with Crippen molar-refractivity contribution in [1.82, 2.24) is 5.32 Å². The number of amides is 1. The van der Waals surface area contributed by atoms with E-state index in [1.54, 1.807) is 5.32 Å². The Morgan fingerprint density at radius 3 is 2.27 bits per heavy atom. The molecule has 1 amide bonds. The molecule has 0 aliphatic heterocycles.